The molecule has 1 amide bonds. The Morgan fingerprint density at radius 2 is 2.24 bits per heavy atom. The molecule has 0 spiro atoms. The number of carbonyl (C=O) groups is 1. The summed E-state index contributed by atoms with van der Waals surface area (Å²) in [4.78, 5) is 12.8. The van der Waals surface area contributed by atoms with E-state index in [1.54, 1.807) is 18.0 Å². The lowest BCUT2D eigenvalue weighted by Crippen LogP contribution is -2.12. The molecule has 2 aromatic rings. The molecule has 1 aromatic carbocycles. The number of halogens is 1. The summed E-state index contributed by atoms with van der Waals surface area (Å²) >= 11 is 1.64. The Morgan fingerprint density at radius 3 is 2.95 bits per heavy atom. The molecule has 0 unspecified atom stereocenters. The largest absolute Gasteiger partial charge is 0.468 e. The fourth-order valence-corrected chi connectivity index (χ4v) is 2.70. The first-order valence-corrected chi connectivity index (χ1v) is 7.56. The predicted molar refractivity (Wildman–Crippen MR) is 82.8 cm³/mol. The number of carbonyl (C=O) groups excluding carboxylic acids is 1. The van der Waals surface area contributed by atoms with Crippen LogP contribution in [0.1, 0.15) is 18.6 Å². The number of thioether (sulfide) groups is 1. The molecule has 0 atom stereocenters. The summed E-state index contributed by atoms with van der Waals surface area (Å²) in [7, 11) is 0. The molecule has 0 saturated heterocycles. The van der Waals surface area contributed by atoms with Crippen LogP contribution in [0.15, 0.2) is 39.8 Å². The monoisotopic (exact) mass is 308 g/mol. The number of hydrogen-bond acceptors (Lipinski definition) is 4. The van der Waals surface area contributed by atoms with E-state index >= 15 is 0 Å². The van der Waals surface area contributed by atoms with Crippen LogP contribution < -0.4 is 11.1 Å². The van der Waals surface area contributed by atoms with Crippen molar-refractivity contribution < 1.29 is 13.6 Å². The van der Waals surface area contributed by atoms with E-state index in [4.69, 9.17) is 10.2 Å². The van der Waals surface area contributed by atoms with E-state index in [1.165, 1.54) is 18.2 Å². The van der Waals surface area contributed by atoms with Crippen LogP contribution in [0.3, 0.4) is 0 Å². The van der Waals surface area contributed by atoms with Gasteiger partial charge in [-0.15, -0.1) is 11.8 Å². The molecule has 6 heteroatoms. The smallest absolute Gasteiger partial charge is 0.224 e. The van der Waals surface area contributed by atoms with Gasteiger partial charge in [-0.2, -0.15) is 0 Å². The van der Waals surface area contributed by atoms with Gasteiger partial charge in [0.05, 0.1) is 12.0 Å². The van der Waals surface area contributed by atoms with Crippen LogP contribution in [0, 0.1) is 12.7 Å². The number of hydrogen-bond donors (Lipinski definition) is 2. The average Bonchev–Trinajstić information content (AvgIpc) is 2.84. The number of nitrogens with two attached hydrogens (primary N) is 1. The van der Waals surface area contributed by atoms with E-state index in [9.17, 15) is 9.18 Å². The fourth-order valence-electron chi connectivity index (χ4n) is 1.79. The maximum atomic E-state index is 13.5. The van der Waals surface area contributed by atoms with Crippen molar-refractivity contribution in [3.63, 3.8) is 0 Å². The van der Waals surface area contributed by atoms with Crippen molar-refractivity contribution >= 4 is 29.0 Å². The van der Waals surface area contributed by atoms with Crippen molar-refractivity contribution in [3.05, 3.63) is 42.1 Å². The van der Waals surface area contributed by atoms with E-state index < -0.39 is 5.82 Å². The molecule has 0 saturated carbocycles. The standard InChI is InChI=1S/C15H17FN2O2S/c1-10-14(6-7-20-10)21-8-2-3-15(19)18-13-9-11(17)4-5-12(13)16/h4-7,9H,2-3,8,17H2,1H3,(H,18,19). The summed E-state index contributed by atoms with van der Waals surface area (Å²) in [5, 5.41) is 2.53. The Morgan fingerprint density at radius 1 is 1.43 bits per heavy atom. The quantitative estimate of drug-likeness (QED) is 0.483. The van der Waals surface area contributed by atoms with Crippen LogP contribution in [-0.2, 0) is 4.79 Å². The number of amides is 1. The van der Waals surface area contributed by atoms with Crippen LogP contribution in [0.5, 0.6) is 0 Å². The Hall–Kier alpha value is -1.95. The second kappa shape index (κ2) is 7.17. The van der Waals surface area contributed by atoms with E-state index in [0.29, 0.717) is 18.5 Å². The fraction of sp³-hybridized carbons (Fsp3) is 0.267. The SMILES string of the molecule is Cc1occc1SCCCC(=O)Nc1cc(N)ccc1F. The maximum absolute atomic E-state index is 13.5. The first kappa shape index (κ1) is 15.4. The zero-order chi connectivity index (χ0) is 15.2. The minimum absolute atomic E-state index is 0.123. The van der Waals surface area contributed by atoms with E-state index in [-0.39, 0.29) is 11.6 Å². The molecule has 4 nitrogen and oxygen atoms in total. The average molecular weight is 308 g/mol. The molecule has 0 aliphatic rings. The molecular weight excluding hydrogens is 291 g/mol. The molecule has 112 valence electrons. The van der Waals surface area contributed by atoms with Crippen LogP contribution in [-0.4, -0.2) is 11.7 Å². The molecule has 3 N–H and O–H groups in total. The number of rotatable bonds is 6. The third kappa shape index (κ3) is 4.53. The molecule has 2 rings (SSSR count). The highest BCUT2D eigenvalue weighted by molar-refractivity contribution is 7.99. The number of nitrogens with one attached hydrogen (secondary N) is 1. The van der Waals surface area contributed by atoms with E-state index in [1.807, 2.05) is 13.0 Å². The summed E-state index contributed by atoms with van der Waals surface area (Å²) in [6.45, 7) is 1.90. The van der Waals surface area contributed by atoms with Gasteiger partial charge < -0.3 is 15.5 Å². The molecule has 0 bridgehead atoms. The van der Waals surface area contributed by atoms with Gasteiger partial charge in [-0.05, 0) is 43.4 Å². The highest BCUT2D eigenvalue weighted by atomic mass is 32.2. The Kier molecular flexibility index (Phi) is 5.27. The van der Waals surface area contributed by atoms with Crippen molar-refractivity contribution in [3.8, 4) is 0 Å². The zero-order valence-corrected chi connectivity index (χ0v) is 12.5. The Bertz CT molecular complexity index is 628. The van der Waals surface area contributed by atoms with Crippen LogP contribution in [0.25, 0.3) is 0 Å². The van der Waals surface area contributed by atoms with Crippen molar-refractivity contribution in [2.24, 2.45) is 0 Å². The second-order valence-corrected chi connectivity index (χ2v) is 5.72. The van der Waals surface area contributed by atoms with Crippen molar-refractivity contribution in [1.29, 1.82) is 0 Å². The molecule has 1 heterocycles. The third-order valence-electron chi connectivity index (χ3n) is 2.88. The number of furan rings is 1. The number of benzene rings is 1. The zero-order valence-electron chi connectivity index (χ0n) is 11.7. The van der Waals surface area contributed by atoms with Gasteiger partial charge in [0.15, 0.2) is 0 Å². The van der Waals surface area contributed by atoms with Gasteiger partial charge >= 0.3 is 0 Å². The van der Waals surface area contributed by atoms with Gasteiger partial charge in [0, 0.05) is 17.0 Å². The first-order chi connectivity index (χ1) is 10.1. The molecule has 0 aliphatic carbocycles. The van der Waals surface area contributed by atoms with Crippen LogP contribution >= 0.6 is 11.8 Å². The van der Waals surface area contributed by atoms with Gasteiger partial charge in [-0.1, -0.05) is 0 Å². The second-order valence-electron chi connectivity index (χ2n) is 4.58. The van der Waals surface area contributed by atoms with E-state index in [0.717, 1.165) is 16.4 Å². The minimum atomic E-state index is -0.485. The molecule has 1 aromatic heterocycles. The molecule has 0 radical (unpaired) electrons. The Labute approximate surface area is 126 Å². The van der Waals surface area contributed by atoms with Crippen LogP contribution in [0.2, 0.25) is 0 Å². The van der Waals surface area contributed by atoms with Gasteiger partial charge in [0.2, 0.25) is 5.91 Å². The summed E-state index contributed by atoms with van der Waals surface area (Å²) < 4.78 is 18.7. The summed E-state index contributed by atoms with van der Waals surface area (Å²) in [5.41, 5.74) is 6.10. The third-order valence-corrected chi connectivity index (χ3v) is 4.11. The van der Waals surface area contributed by atoms with Gasteiger partial charge in [-0.3, -0.25) is 4.79 Å². The van der Waals surface area contributed by atoms with Crippen LogP contribution in [0.4, 0.5) is 15.8 Å². The molecular formula is C15H17FN2O2S. The lowest BCUT2D eigenvalue weighted by atomic mass is 10.2. The van der Waals surface area contributed by atoms with Crippen molar-refractivity contribution in [2.75, 3.05) is 16.8 Å². The molecule has 0 fully saturated rings. The van der Waals surface area contributed by atoms with Gasteiger partial charge in [0.1, 0.15) is 11.6 Å². The first-order valence-electron chi connectivity index (χ1n) is 6.58. The van der Waals surface area contributed by atoms with E-state index in [2.05, 4.69) is 5.32 Å². The van der Waals surface area contributed by atoms with Crippen molar-refractivity contribution in [1.82, 2.24) is 0 Å². The predicted octanol–water partition coefficient (Wildman–Crippen LogP) is 3.82. The van der Waals surface area contributed by atoms with Gasteiger partial charge in [-0.25, -0.2) is 4.39 Å². The normalized spacial score (nSPS) is 10.6. The summed E-state index contributed by atoms with van der Waals surface area (Å²) in [6.07, 6.45) is 2.68. The number of aryl methyl sites for hydroxylation is 1. The number of anilines is 2. The minimum Gasteiger partial charge on any atom is -0.468 e. The maximum Gasteiger partial charge on any atom is 0.224 e. The number of nitrogen functional groups attached to an aromatic ring is 1. The van der Waals surface area contributed by atoms with Gasteiger partial charge in [0.25, 0.3) is 0 Å². The summed E-state index contributed by atoms with van der Waals surface area (Å²) in [5.74, 6) is 0.976. The highest BCUT2D eigenvalue weighted by Gasteiger charge is 2.08. The lowest BCUT2D eigenvalue weighted by molar-refractivity contribution is -0.116. The molecule has 0 aliphatic heterocycles. The Balaban J connectivity index is 1.75. The lowest BCUT2D eigenvalue weighted by Gasteiger charge is -2.07. The highest BCUT2D eigenvalue weighted by Crippen LogP contribution is 2.24. The summed E-state index contributed by atoms with van der Waals surface area (Å²) in [6, 6.07) is 6.01. The van der Waals surface area contributed by atoms with Crippen molar-refractivity contribution in [2.45, 2.75) is 24.7 Å². The molecule has 21 heavy (non-hydrogen) atoms. The topological polar surface area (TPSA) is 68.3 Å².